The van der Waals surface area contributed by atoms with E-state index < -0.39 is 0 Å². The second kappa shape index (κ2) is 9.90. The molecule has 32 heavy (non-hydrogen) atoms. The molecule has 2 aromatic carbocycles. The molecule has 0 N–H and O–H groups in total. The molecule has 0 aliphatic carbocycles. The molecule has 0 radical (unpaired) electrons. The molecule has 0 saturated carbocycles. The van der Waals surface area contributed by atoms with Crippen LogP contribution in [-0.2, 0) is 20.2 Å². The van der Waals surface area contributed by atoms with Crippen molar-refractivity contribution in [1.29, 1.82) is 5.26 Å². The number of aryl methyl sites for hydroxylation is 1. The van der Waals surface area contributed by atoms with E-state index in [0.717, 1.165) is 10.9 Å². The van der Waals surface area contributed by atoms with Gasteiger partial charge in [0.05, 0.1) is 18.2 Å². The lowest BCUT2D eigenvalue weighted by molar-refractivity contribution is 0.102. The molecule has 0 bridgehead atoms. The zero-order chi connectivity index (χ0) is 22.5. The fourth-order valence-corrected chi connectivity index (χ4v) is 4.25. The summed E-state index contributed by atoms with van der Waals surface area (Å²) < 4.78 is 9.52. The number of carbonyl (C=O) groups is 1. The van der Waals surface area contributed by atoms with E-state index in [1.807, 2.05) is 46.6 Å². The summed E-state index contributed by atoms with van der Waals surface area (Å²) in [5.41, 5.74) is 1.61. The van der Waals surface area contributed by atoms with Crippen LogP contribution in [0.15, 0.2) is 59.9 Å². The Hall–Kier alpha value is -3.28. The Morgan fingerprint density at radius 3 is 2.75 bits per heavy atom. The molecule has 0 saturated heterocycles. The first kappa shape index (κ1) is 21.9. The van der Waals surface area contributed by atoms with E-state index in [1.165, 1.54) is 11.8 Å². The van der Waals surface area contributed by atoms with Crippen molar-refractivity contribution >= 4 is 40.0 Å². The molecule has 0 atom stereocenters. The van der Waals surface area contributed by atoms with Gasteiger partial charge in [0.25, 0.3) is 0 Å². The van der Waals surface area contributed by atoms with Crippen LogP contribution in [0.3, 0.4) is 0 Å². The standard InChI is InChI=1S/C23H20ClN5O2S/c1-28-22(14-31-17-9-7-16(24)8-10-17)26-27-23(28)32-15-21(30)19-13-29(12-4-11-25)20-6-3-2-5-18(19)20/h2-3,5-10,13H,4,12,14-15H2,1H3. The number of ether oxygens (including phenoxy) is 1. The maximum Gasteiger partial charge on any atom is 0.191 e. The van der Waals surface area contributed by atoms with Gasteiger partial charge in [-0.1, -0.05) is 41.6 Å². The molecule has 162 valence electrons. The number of thioether (sulfide) groups is 1. The van der Waals surface area contributed by atoms with Crippen LogP contribution in [0.4, 0.5) is 0 Å². The average Bonchev–Trinajstić information content (AvgIpc) is 3.36. The molecule has 0 spiro atoms. The lowest BCUT2D eigenvalue weighted by atomic mass is 10.1. The van der Waals surface area contributed by atoms with Gasteiger partial charge in [0.1, 0.15) is 12.4 Å². The summed E-state index contributed by atoms with van der Waals surface area (Å²) in [6.07, 6.45) is 2.23. The van der Waals surface area contributed by atoms with Gasteiger partial charge < -0.3 is 13.9 Å². The number of aromatic nitrogens is 4. The van der Waals surface area contributed by atoms with Crippen LogP contribution in [0.5, 0.6) is 5.75 Å². The maximum absolute atomic E-state index is 13.0. The molecule has 9 heteroatoms. The summed E-state index contributed by atoms with van der Waals surface area (Å²) in [7, 11) is 1.85. The highest BCUT2D eigenvalue weighted by Gasteiger charge is 2.17. The van der Waals surface area contributed by atoms with Crippen LogP contribution in [0.2, 0.25) is 5.02 Å². The van der Waals surface area contributed by atoms with Gasteiger partial charge in [0.15, 0.2) is 16.8 Å². The molecule has 2 aromatic heterocycles. The van der Waals surface area contributed by atoms with Crippen LogP contribution in [0, 0.1) is 11.3 Å². The predicted molar refractivity (Wildman–Crippen MR) is 124 cm³/mol. The molecule has 4 rings (SSSR count). The van der Waals surface area contributed by atoms with Gasteiger partial charge in [0, 0.05) is 41.3 Å². The van der Waals surface area contributed by atoms with Crippen molar-refractivity contribution in [3.8, 4) is 11.8 Å². The fourth-order valence-electron chi connectivity index (χ4n) is 3.31. The van der Waals surface area contributed by atoms with E-state index >= 15 is 0 Å². The van der Waals surface area contributed by atoms with Crippen molar-refractivity contribution in [2.75, 3.05) is 5.75 Å². The third-order valence-corrected chi connectivity index (χ3v) is 6.26. The normalized spacial score (nSPS) is 10.9. The van der Waals surface area contributed by atoms with Crippen LogP contribution in [-0.4, -0.2) is 30.9 Å². The van der Waals surface area contributed by atoms with Crippen molar-refractivity contribution in [3.05, 3.63) is 71.1 Å². The van der Waals surface area contributed by atoms with Gasteiger partial charge in [-0.05, 0) is 30.3 Å². The van der Waals surface area contributed by atoms with Crippen LogP contribution < -0.4 is 4.74 Å². The number of carbonyl (C=O) groups excluding carboxylic acids is 1. The summed E-state index contributed by atoms with van der Waals surface area (Å²) >= 11 is 7.23. The van der Waals surface area contributed by atoms with E-state index in [2.05, 4.69) is 16.3 Å². The number of nitrogens with zero attached hydrogens (tertiary/aromatic N) is 5. The summed E-state index contributed by atoms with van der Waals surface area (Å²) in [6.45, 7) is 0.809. The first-order chi connectivity index (χ1) is 15.6. The van der Waals surface area contributed by atoms with Crippen LogP contribution >= 0.6 is 23.4 Å². The summed E-state index contributed by atoms with van der Waals surface area (Å²) in [5, 5.41) is 19.5. The second-order valence-electron chi connectivity index (χ2n) is 7.07. The number of nitriles is 1. The minimum absolute atomic E-state index is 0.00359. The third kappa shape index (κ3) is 4.79. The molecular weight excluding hydrogens is 446 g/mol. The Labute approximate surface area is 194 Å². The highest BCUT2D eigenvalue weighted by Crippen LogP contribution is 2.25. The van der Waals surface area contributed by atoms with Gasteiger partial charge in [-0.15, -0.1) is 10.2 Å². The molecule has 0 aliphatic rings. The molecule has 4 aromatic rings. The lowest BCUT2D eigenvalue weighted by Gasteiger charge is -2.06. The summed E-state index contributed by atoms with van der Waals surface area (Å²) in [6, 6.07) is 17.0. The summed E-state index contributed by atoms with van der Waals surface area (Å²) in [4.78, 5) is 13.0. The number of ketones is 1. The molecule has 7 nitrogen and oxygen atoms in total. The molecule has 0 aliphatic heterocycles. The Balaban J connectivity index is 1.42. The Kier molecular flexibility index (Phi) is 6.78. The Morgan fingerprint density at radius 1 is 1.19 bits per heavy atom. The molecular formula is C23H20ClN5O2S. The maximum atomic E-state index is 13.0. The van der Waals surface area contributed by atoms with E-state index in [0.29, 0.717) is 40.3 Å². The number of para-hydroxylation sites is 1. The van der Waals surface area contributed by atoms with Gasteiger partial charge in [-0.25, -0.2) is 0 Å². The van der Waals surface area contributed by atoms with Crippen molar-refractivity contribution in [1.82, 2.24) is 19.3 Å². The van der Waals surface area contributed by atoms with E-state index in [4.69, 9.17) is 21.6 Å². The van der Waals surface area contributed by atoms with E-state index in [9.17, 15) is 4.79 Å². The number of hydrogen-bond donors (Lipinski definition) is 0. The smallest absolute Gasteiger partial charge is 0.191 e. The minimum Gasteiger partial charge on any atom is -0.486 e. The second-order valence-corrected chi connectivity index (χ2v) is 8.45. The van der Waals surface area contributed by atoms with Gasteiger partial charge in [-0.2, -0.15) is 5.26 Å². The van der Waals surface area contributed by atoms with Crippen LogP contribution in [0.25, 0.3) is 10.9 Å². The van der Waals surface area contributed by atoms with Crippen LogP contribution in [0.1, 0.15) is 22.6 Å². The zero-order valence-corrected chi connectivity index (χ0v) is 18.9. The number of fused-ring (bicyclic) bond motifs is 1. The van der Waals surface area contributed by atoms with Crippen molar-refractivity contribution < 1.29 is 9.53 Å². The van der Waals surface area contributed by atoms with Gasteiger partial charge >= 0.3 is 0 Å². The first-order valence-electron chi connectivity index (χ1n) is 9.94. The van der Waals surface area contributed by atoms with E-state index in [-0.39, 0.29) is 18.1 Å². The van der Waals surface area contributed by atoms with Crippen molar-refractivity contribution in [2.45, 2.75) is 24.7 Å². The number of rotatable bonds is 9. The fraction of sp³-hybridized carbons (Fsp3) is 0.217. The summed E-state index contributed by atoms with van der Waals surface area (Å²) in [5.74, 6) is 1.58. The molecule has 0 unspecified atom stereocenters. The highest BCUT2D eigenvalue weighted by atomic mass is 35.5. The van der Waals surface area contributed by atoms with Gasteiger partial charge in [-0.3, -0.25) is 4.79 Å². The predicted octanol–water partition coefficient (Wildman–Crippen LogP) is 4.89. The number of halogens is 1. The quantitative estimate of drug-likeness (QED) is 0.258. The topological polar surface area (TPSA) is 85.7 Å². The molecule has 2 heterocycles. The third-order valence-electron chi connectivity index (χ3n) is 4.99. The number of hydrogen-bond acceptors (Lipinski definition) is 6. The lowest BCUT2D eigenvalue weighted by Crippen LogP contribution is -2.06. The monoisotopic (exact) mass is 465 g/mol. The SMILES string of the molecule is Cn1c(COc2ccc(Cl)cc2)nnc1SCC(=O)c1cn(CCC#N)c2ccccc12. The largest absolute Gasteiger partial charge is 0.486 e. The number of Topliss-reactive ketones (excluding diaryl/α,β-unsaturated/α-hetero) is 1. The molecule has 0 amide bonds. The van der Waals surface area contributed by atoms with Gasteiger partial charge in [0.2, 0.25) is 0 Å². The molecule has 0 fully saturated rings. The number of benzene rings is 2. The van der Waals surface area contributed by atoms with Crippen molar-refractivity contribution in [2.24, 2.45) is 7.05 Å². The Morgan fingerprint density at radius 2 is 1.97 bits per heavy atom. The Bertz CT molecular complexity index is 1290. The van der Waals surface area contributed by atoms with Crippen molar-refractivity contribution in [3.63, 3.8) is 0 Å². The zero-order valence-electron chi connectivity index (χ0n) is 17.4. The first-order valence-corrected chi connectivity index (χ1v) is 11.3. The van der Waals surface area contributed by atoms with E-state index in [1.54, 1.807) is 24.3 Å². The highest BCUT2D eigenvalue weighted by molar-refractivity contribution is 7.99. The minimum atomic E-state index is 0.00359. The average molecular weight is 466 g/mol.